The Morgan fingerprint density at radius 3 is 2.41 bits per heavy atom. The standard InChI is InChI=1S/C23H38N4/c1-2-7-26-14-20(13-23(26)24-6-1)19-12-22-11-18(15-27(22)16-19)17-5-9-25-8-3-4-21(25)10-17/h17-22H,1-16H2. The molecule has 0 radical (unpaired) electrons. The number of fused-ring (bicyclic) bond motifs is 3. The van der Waals surface area contributed by atoms with Crippen molar-refractivity contribution in [2.45, 2.75) is 69.9 Å². The third-order valence-electron chi connectivity index (χ3n) is 9.19. The van der Waals surface area contributed by atoms with E-state index in [0.717, 1.165) is 42.3 Å². The van der Waals surface area contributed by atoms with Crippen molar-refractivity contribution in [1.82, 2.24) is 14.7 Å². The van der Waals surface area contributed by atoms with E-state index in [1.165, 1.54) is 103 Å². The molecule has 0 amide bonds. The fourth-order valence-corrected chi connectivity index (χ4v) is 7.72. The van der Waals surface area contributed by atoms with Gasteiger partial charge in [-0.1, -0.05) is 0 Å². The molecule has 27 heavy (non-hydrogen) atoms. The largest absolute Gasteiger partial charge is 0.360 e. The number of aliphatic imine (C=N–C) groups is 1. The highest BCUT2D eigenvalue weighted by molar-refractivity contribution is 5.84. The van der Waals surface area contributed by atoms with Crippen LogP contribution in [-0.4, -0.2) is 78.4 Å². The van der Waals surface area contributed by atoms with E-state index < -0.39 is 0 Å². The van der Waals surface area contributed by atoms with Crippen molar-refractivity contribution in [3.63, 3.8) is 0 Å². The summed E-state index contributed by atoms with van der Waals surface area (Å²) in [6, 6.07) is 1.87. The lowest BCUT2D eigenvalue weighted by molar-refractivity contribution is 0.117. The van der Waals surface area contributed by atoms with Gasteiger partial charge in [-0.3, -0.25) is 9.89 Å². The maximum atomic E-state index is 4.90. The van der Waals surface area contributed by atoms with Crippen LogP contribution in [0.2, 0.25) is 0 Å². The van der Waals surface area contributed by atoms with Gasteiger partial charge >= 0.3 is 0 Å². The molecule has 0 saturated carbocycles. The predicted molar refractivity (Wildman–Crippen MR) is 110 cm³/mol. The average Bonchev–Trinajstić information content (AvgIpc) is 3.41. The lowest BCUT2D eigenvalue weighted by atomic mass is 9.79. The highest BCUT2D eigenvalue weighted by Gasteiger charge is 2.47. The smallest absolute Gasteiger partial charge is 0.0992 e. The Bertz CT molecular complexity index is 575. The Kier molecular flexibility index (Phi) is 4.49. The quantitative estimate of drug-likeness (QED) is 0.746. The van der Waals surface area contributed by atoms with E-state index in [1.807, 2.05) is 0 Å². The second kappa shape index (κ2) is 7.02. The minimum Gasteiger partial charge on any atom is -0.360 e. The minimum atomic E-state index is 0.896. The first kappa shape index (κ1) is 17.3. The number of amidine groups is 1. The summed E-state index contributed by atoms with van der Waals surface area (Å²) in [5.41, 5.74) is 0. The van der Waals surface area contributed by atoms with Gasteiger partial charge in [0.05, 0.1) is 5.84 Å². The van der Waals surface area contributed by atoms with Gasteiger partial charge in [0, 0.05) is 51.2 Å². The van der Waals surface area contributed by atoms with Crippen molar-refractivity contribution < 1.29 is 0 Å². The van der Waals surface area contributed by atoms with E-state index in [2.05, 4.69) is 14.7 Å². The third kappa shape index (κ3) is 3.15. The van der Waals surface area contributed by atoms with Gasteiger partial charge < -0.3 is 9.80 Å². The third-order valence-corrected chi connectivity index (χ3v) is 9.19. The first-order chi connectivity index (χ1) is 13.3. The average molecular weight is 371 g/mol. The molecule has 0 bridgehead atoms. The van der Waals surface area contributed by atoms with Crippen molar-refractivity contribution in [1.29, 1.82) is 0 Å². The summed E-state index contributed by atoms with van der Waals surface area (Å²) < 4.78 is 0. The molecule has 4 heteroatoms. The van der Waals surface area contributed by atoms with Crippen LogP contribution in [0, 0.1) is 23.7 Å². The van der Waals surface area contributed by atoms with Crippen LogP contribution in [0.15, 0.2) is 4.99 Å². The molecule has 6 unspecified atom stereocenters. The van der Waals surface area contributed by atoms with Crippen molar-refractivity contribution in [3.8, 4) is 0 Å². The Morgan fingerprint density at radius 1 is 0.667 bits per heavy atom. The molecular weight excluding hydrogens is 332 g/mol. The molecule has 0 aromatic rings. The highest BCUT2D eigenvalue weighted by Crippen LogP contribution is 2.45. The van der Waals surface area contributed by atoms with Crippen LogP contribution in [-0.2, 0) is 0 Å². The summed E-state index contributed by atoms with van der Waals surface area (Å²) in [5, 5.41) is 0. The zero-order chi connectivity index (χ0) is 17.8. The Labute approximate surface area is 165 Å². The van der Waals surface area contributed by atoms with Gasteiger partial charge in [0.2, 0.25) is 0 Å². The summed E-state index contributed by atoms with van der Waals surface area (Å²) in [6.07, 6.45) is 12.9. The molecule has 6 atom stereocenters. The van der Waals surface area contributed by atoms with E-state index in [1.54, 1.807) is 0 Å². The molecule has 0 spiro atoms. The summed E-state index contributed by atoms with van der Waals surface area (Å²) in [6.45, 7) is 9.29. The molecule has 0 aliphatic carbocycles. The van der Waals surface area contributed by atoms with E-state index in [9.17, 15) is 0 Å². The van der Waals surface area contributed by atoms with Crippen molar-refractivity contribution in [3.05, 3.63) is 0 Å². The minimum absolute atomic E-state index is 0.896. The number of piperidine rings is 1. The van der Waals surface area contributed by atoms with Crippen molar-refractivity contribution in [2.75, 3.05) is 45.8 Å². The fraction of sp³-hybridized carbons (Fsp3) is 0.957. The van der Waals surface area contributed by atoms with Crippen LogP contribution in [0.3, 0.4) is 0 Å². The maximum absolute atomic E-state index is 4.90. The van der Waals surface area contributed by atoms with Gasteiger partial charge in [-0.2, -0.15) is 0 Å². The molecule has 5 fully saturated rings. The molecule has 0 N–H and O–H groups in total. The molecule has 6 aliphatic heterocycles. The topological polar surface area (TPSA) is 22.1 Å². The van der Waals surface area contributed by atoms with Crippen LogP contribution in [0.4, 0.5) is 0 Å². The molecule has 6 heterocycles. The van der Waals surface area contributed by atoms with E-state index in [4.69, 9.17) is 4.99 Å². The lowest BCUT2D eigenvalue weighted by Gasteiger charge is -2.37. The summed E-state index contributed by atoms with van der Waals surface area (Å²) in [4.78, 5) is 13.3. The predicted octanol–water partition coefficient (Wildman–Crippen LogP) is 3.09. The fourth-order valence-electron chi connectivity index (χ4n) is 7.72. The van der Waals surface area contributed by atoms with Gasteiger partial charge in [-0.05, 0) is 88.1 Å². The van der Waals surface area contributed by atoms with Crippen molar-refractivity contribution in [2.24, 2.45) is 28.7 Å². The summed E-state index contributed by atoms with van der Waals surface area (Å²) >= 11 is 0. The van der Waals surface area contributed by atoms with Gasteiger partial charge in [0.25, 0.3) is 0 Å². The molecule has 0 aromatic heterocycles. The summed E-state index contributed by atoms with van der Waals surface area (Å²) in [5.74, 6) is 5.36. The van der Waals surface area contributed by atoms with Crippen LogP contribution in [0.25, 0.3) is 0 Å². The number of hydrogen-bond donors (Lipinski definition) is 0. The maximum Gasteiger partial charge on any atom is 0.0992 e. The van der Waals surface area contributed by atoms with Crippen LogP contribution in [0.1, 0.15) is 57.8 Å². The van der Waals surface area contributed by atoms with Gasteiger partial charge in [0.1, 0.15) is 0 Å². The zero-order valence-electron chi connectivity index (χ0n) is 17.1. The van der Waals surface area contributed by atoms with Gasteiger partial charge in [0.15, 0.2) is 0 Å². The Morgan fingerprint density at radius 2 is 1.52 bits per heavy atom. The molecule has 150 valence electrons. The first-order valence-corrected chi connectivity index (χ1v) is 12.1. The SMILES string of the molecule is C1CCN2CC(C3CC4CC(C5CCN6CCCC6C5)CN4C3)CC2=NC1. The molecular formula is C23H38N4. The molecule has 6 rings (SSSR count). The zero-order valence-corrected chi connectivity index (χ0v) is 17.1. The lowest BCUT2D eigenvalue weighted by Crippen LogP contribution is -2.40. The van der Waals surface area contributed by atoms with E-state index in [-0.39, 0.29) is 0 Å². The number of hydrogen-bond acceptors (Lipinski definition) is 4. The van der Waals surface area contributed by atoms with Crippen LogP contribution < -0.4 is 0 Å². The molecule has 0 aromatic carbocycles. The molecule has 5 saturated heterocycles. The molecule has 4 nitrogen and oxygen atoms in total. The summed E-state index contributed by atoms with van der Waals surface area (Å²) in [7, 11) is 0. The van der Waals surface area contributed by atoms with Crippen molar-refractivity contribution >= 4 is 5.84 Å². The normalized spacial score (nSPS) is 45.5. The first-order valence-electron chi connectivity index (χ1n) is 12.1. The number of nitrogens with zero attached hydrogens (tertiary/aromatic N) is 4. The monoisotopic (exact) mass is 370 g/mol. The number of rotatable bonds is 2. The van der Waals surface area contributed by atoms with Crippen LogP contribution in [0.5, 0.6) is 0 Å². The van der Waals surface area contributed by atoms with E-state index >= 15 is 0 Å². The van der Waals surface area contributed by atoms with Crippen LogP contribution >= 0.6 is 0 Å². The molecule has 6 aliphatic rings. The van der Waals surface area contributed by atoms with Gasteiger partial charge in [-0.15, -0.1) is 0 Å². The second-order valence-corrected chi connectivity index (χ2v) is 10.6. The Balaban J connectivity index is 1.05. The highest BCUT2D eigenvalue weighted by atomic mass is 15.2. The Hall–Kier alpha value is -0.610. The van der Waals surface area contributed by atoms with Gasteiger partial charge in [-0.25, -0.2) is 0 Å². The second-order valence-electron chi connectivity index (χ2n) is 10.6. The van der Waals surface area contributed by atoms with E-state index in [0.29, 0.717) is 0 Å².